The first-order chi connectivity index (χ1) is 13.0. The summed E-state index contributed by atoms with van der Waals surface area (Å²) in [5.74, 6) is 0.347. The zero-order valence-electron chi connectivity index (χ0n) is 19.6. The minimum atomic E-state index is 0.347. The molecule has 1 unspecified atom stereocenters. The Labute approximate surface area is 173 Å². The van der Waals surface area contributed by atoms with Crippen molar-refractivity contribution < 1.29 is 0 Å². The Morgan fingerprint density at radius 2 is 1.50 bits per heavy atom. The van der Waals surface area contributed by atoms with E-state index in [1.165, 1.54) is 66.8 Å². The van der Waals surface area contributed by atoms with Crippen LogP contribution in [0.4, 0.5) is 0 Å². The Morgan fingerprint density at radius 1 is 0.929 bits per heavy atom. The van der Waals surface area contributed by atoms with Crippen molar-refractivity contribution >= 4 is 11.6 Å². The zero-order valence-corrected chi connectivity index (χ0v) is 19.6. The molecule has 1 aromatic carbocycles. The highest BCUT2D eigenvalue weighted by molar-refractivity contribution is 5.91. The maximum Gasteiger partial charge on any atom is 0.00292 e. The third-order valence-electron chi connectivity index (χ3n) is 6.78. The molecular formula is C28H38. The predicted octanol–water partition coefficient (Wildman–Crippen LogP) is 8.61. The summed E-state index contributed by atoms with van der Waals surface area (Å²) in [6.45, 7) is 28.9. The predicted molar refractivity (Wildman–Crippen MR) is 128 cm³/mol. The van der Waals surface area contributed by atoms with E-state index in [2.05, 4.69) is 87.6 Å². The smallest absolute Gasteiger partial charge is 0.00292 e. The van der Waals surface area contributed by atoms with Crippen molar-refractivity contribution in [1.82, 2.24) is 0 Å². The van der Waals surface area contributed by atoms with Gasteiger partial charge in [-0.25, -0.2) is 0 Å². The molecule has 2 rings (SSSR count). The summed E-state index contributed by atoms with van der Waals surface area (Å²) >= 11 is 0. The molecule has 0 nitrogen and oxygen atoms in total. The normalized spacial score (nSPS) is 17.9. The van der Waals surface area contributed by atoms with Crippen LogP contribution in [0.3, 0.4) is 0 Å². The van der Waals surface area contributed by atoms with E-state index < -0.39 is 0 Å². The molecule has 0 saturated heterocycles. The summed E-state index contributed by atoms with van der Waals surface area (Å²) < 4.78 is 0. The van der Waals surface area contributed by atoms with E-state index in [0.29, 0.717) is 5.92 Å². The molecule has 0 fully saturated rings. The summed E-state index contributed by atoms with van der Waals surface area (Å²) in [4.78, 5) is 0. The molecule has 0 spiro atoms. The van der Waals surface area contributed by atoms with Gasteiger partial charge in [-0.2, -0.15) is 0 Å². The lowest BCUT2D eigenvalue weighted by molar-refractivity contribution is 0.767. The first kappa shape index (κ1) is 22.2. The van der Waals surface area contributed by atoms with Gasteiger partial charge in [0.1, 0.15) is 0 Å². The number of allylic oxidation sites excluding steroid dienone is 7. The monoisotopic (exact) mass is 374 g/mol. The van der Waals surface area contributed by atoms with Crippen LogP contribution in [0.25, 0.3) is 11.6 Å². The van der Waals surface area contributed by atoms with Gasteiger partial charge < -0.3 is 0 Å². The first-order valence-corrected chi connectivity index (χ1v) is 10.6. The molecule has 0 N–H and O–H groups in total. The molecule has 0 amide bonds. The van der Waals surface area contributed by atoms with Crippen LogP contribution in [-0.4, -0.2) is 0 Å². The molecule has 0 heterocycles. The molecule has 0 aliphatic heterocycles. The topological polar surface area (TPSA) is 0 Å². The number of rotatable bonds is 5. The van der Waals surface area contributed by atoms with Gasteiger partial charge in [0, 0.05) is 5.92 Å². The molecule has 1 aromatic rings. The SMILES string of the molecule is C=C(C)CC1=C(c2c(C)c(C)c(C)c(C)c2/C=C\CC)C(C)=C(C)C(=C)C1C. The van der Waals surface area contributed by atoms with Crippen LogP contribution in [0.15, 0.2) is 47.1 Å². The van der Waals surface area contributed by atoms with E-state index in [4.69, 9.17) is 0 Å². The lowest BCUT2D eigenvalue weighted by Crippen LogP contribution is -2.16. The Balaban J connectivity index is 3.04. The van der Waals surface area contributed by atoms with Gasteiger partial charge in [0.25, 0.3) is 0 Å². The minimum absolute atomic E-state index is 0.347. The minimum Gasteiger partial charge on any atom is -0.0998 e. The van der Waals surface area contributed by atoms with Crippen molar-refractivity contribution in [3.63, 3.8) is 0 Å². The summed E-state index contributed by atoms with van der Waals surface area (Å²) in [6, 6.07) is 0. The van der Waals surface area contributed by atoms with Crippen molar-refractivity contribution in [2.75, 3.05) is 0 Å². The maximum atomic E-state index is 4.42. The Hall–Kier alpha value is -2.08. The number of hydrogen-bond acceptors (Lipinski definition) is 0. The Bertz CT molecular complexity index is 926. The molecule has 0 saturated carbocycles. The molecule has 1 aliphatic rings. The summed E-state index contributed by atoms with van der Waals surface area (Å²) in [7, 11) is 0. The van der Waals surface area contributed by atoms with E-state index in [1.54, 1.807) is 0 Å². The van der Waals surface area contributed by atoms with Crippen molar-refractivity contribution in [2.24, 2.45) is 5.92 Å². The van der Waals surface area contributed by atoms with Gasteiger partial charge in [0.15, 0.2) is 0 Å². The second kappa shape index (κ2) is 8.52. The standard InChI is InChI=1S/C28H38/c1-12-13-14-25-21(8)17(4)19(6)23(10)27(25)28-24(11)20(7)18(5)22(9)26(28)15-16(2)3/h13-14,22H,2,5,12,15H2,1,3-4,6-11H3/b14-13-. The number of benzene rings is 1. The Morgan fingerprint density at radius 3 is 2.04 bits per heavy atom. The molecule has 0 aromatic heterocycles. The molecule has 150 valence electrons. The highest BCUT2D eigenvalue weighted by Crippen LogP contribution is 2.47. The van der Waals surface area contributed by atoms with Gasteiger partial charge in [-0.15, -0.1) is 0 Å². The fourth-order valence-electron chi connectivity index (χ4n) is 4.44. The van der Waals surface area contributed by atoms with Gasteiger partial charge in [-0.1, -0.05) is 50.3 Å². The molecule has 0 radical (unpaired) electrons. The van der Waals surface area contributed by atoms with E-state index in [1.807, 2.05) is 0 Å². The largest absolute Gasteiger partial charge is 0.0998 e. The summed E-state index contributed by atoms with van der Waals surface area (Å²) in [5, 5.41) is 0. The van der Waals surface area contributed by atoms with Crippen LogP contribution in [0.1, 0.15) is 80.8 Å². The third-order valence-corrected chi connectivity index (χ3v) is 6.78. The maximum absolute atomic E-state index is 4.42. The van der Waals surface area contributed by atoms with E-state index in [9.17, 15) is 0 Å². The van der Waals surface area contributed by atoms with Crippen molar-refractivity contribution in [3.05, 3.63) is 80.5 Å². The van der Waals surface area contributed by atoms with Crippen LogP contribution in [-0.2, 0) is 0 Å². The fraction of sp³-hybridized carbons (Fsp3) is 0.429. The lowest BCUT2D eigenvalue weighted by atomic mass is 9.71. The lowest BCUT2D eigenvalue weighted by Gasteiger charge is -2.33. The first-order valence-electron chi connectivity index (χ1n) is 10.6. The van der Waals surface area contributed by atoms with Gasteiger partial charge in [0.05, 0.1) is 0 Å². The molecule has 28 heavy (non-hydrogen) atoms. The molecule has 1 aliphatic carbocycles. The van der Waals surface area contributed by atoms with Gasteiger partial charge in [-0.3, -0.25) is 0 Å². The highest BCUT2D eigenvalue weighted by Gasteiger charge is 2.29. The van der Waals surface area contributed by atoms with Crippen LogP contribution < -0.4 is 0 Å². The second-order valence-electron chi connectivity index (χ2n) is 8.63. The van der Waals surface area contributed by atoms with Crippen molar-refractivity contribution in [3.8, 4) is 0 Å². The highest BCUT2D eigenvalue weighted by atomic mass is 14.3. The van der Waals surface area contributed by atoms with E-state index in [-0.39, 0.29) is 0 Å². The molecule has 1 atom stereocenters. The third kappa shape index (κ3) is 3.75. The van der Waals surface area contributed by atoms with Crippen LogP contribution in [0.2, 0.25) is 0 Å². The Kier molecular flexibility index (Phi) is 6.75. The van der Waals surface area contributed by atoms with Crippen molar-refractivity contribution in [2.45, 2.75) is 75.2 Å². The van der Waals surface area contributed by atoms with Crippen molar-refractivity contribution in [1.29, 1.82) is 0 Å². The zero-order chi connectivity index (χ0) is 21.3. The second-order valence-corrected chi connectivity index (χ2v) is 8.63. The fourth-order valence-corrected chi connectivity index (χ4v) is 4.44. The van der Waals surface area contributed by atoms with Gasteiger partial charge in [-0.05, 0) is 117 Å². The van der Waals surface area contributed by atoms with E-state index in [0.717, 1.165) is 12.8 Å². The average molecular weight is 375 g/mol. The van der Waals surface area contributed by atoms with Crippen LogP contribution in [0.5, 0.6) is 0 Å². The van der Waals surface area contributed by atoms with Crippen LogP contribution >= 0.6 is 0 Å². The molecule has 0 bridgehead atoms. The quantitative estimate of drug-likeness (QED) is 0.452. The average Bonchev–Trinajstić information content (AvgIpc) is 2.65. The summed E-state index contributed by atoms with van der Waals surface area (Å²) in [5.41, 5.74) is 16.5. The summed E-state index contributed by atoms with van der Waals surface area (Å²) in [6.07, 6.45) is 6.61. The van der Waals surface area contributed by atoms with Crippen LogP contribution in [0, 0.1) is 33.6 Å². The van der Waals surface area contributed by atoms with Gasteiger partial charge in [0.2, 0.25) is 0 Å². The number of hydrogen-bond donors (Lipinski definition) is 0. The van der Waals surface area contributed by atoms with Gasteiger partial charge >= 0.3 is 0 Å². The molecule has 0 heteroatoms. The molecular weight excluding hydrogens is 336 g/mol. The van der Waals surface area contributed by atoms with E-state index >= 15 is 0 Å².